The van der Waals surface area contributed by atoms with E-state index in [4.69, 9.17) is 39.4 Å². The van der Waals surface area contributed by atoms with Gasteiger partial charge < -0.3 is 9.47 Å². The van der Waals surface area contributed by atoms with Crippen molar-refractivity contribution in [1.82, 2.24) is 29.9 Å². The van der Waals surface area contributed by atoms with E-state index in [9.17, 15) is 10.5 Å². The molecular formula is C108H64N8O2. The molecule has 118 heavy (non-hydrogen) atoms. The summed E-state index contributed by atoms with van der Waals surface area (Å²) < 4.78 is 13.8. The van der Waals surface area contributed by atoms with Gasteiger partial charge in [-0.1, -0.05) is 315 Å². The number of benzene rings is 17. The fraction of sp³-hybridized carbons (Fsp3) is 0.0185. The molecular weight excluding hydrogens is 1440 g/mol. The number of aromatic nitrogens is 6. The van der Waals surface area contributed by atoms with Crippen LogP contribution in [0.4, 0.5) is 0 Å². The number of fused-ring (bicyclic) bond motifs is 20. The zero-order chi connectivity index (χ0) is 78.4. The monoisotopic (exact) mass is 1500 g/mol. The predicted molar refractivity (Wildman–Crippen MR) is 468 cm³/mol. The lowest BCUT2D eigenvalue weighted by Crippen LogP contribution is -2.32. The summed E-state index contributed by atoms with van der Waals surface area (Å²) >= 11 is 0. The quantitative estimate of drug-likeness (QED) is 0.137. The summed E-state index contributed by atoms with van der Waals surface area (Å²) in [6, 6.07) is 139. The summed E-state index contributed by atoms with van der Waals surface area (Å²) in [4.78, 5) is 30.2. The number of ether oxygens (including phenoxy) is 2. The van der Waals surface area contributed by atoms with Gasteiger partial charge in [-0.25, -0.2) is 29.9 Å². The van der Waals surface area contributed by atoms with Crippen molar-refractivity contribution in [3.05, 3.63) is 444 Å². The van der Waals surface area contributed by atoms with Crippen LogP contribution >= 0.6 is 0 Å². The lowest BCUT2D eigenvalue weighted by atomic mass is 9.65. The van der Waals surface area contributed by atoms with Crippen molar-refractivity contribution in [2.75, 3.05) is 0 Å². The van der Waals surface area contributed by atoms with Gasteiger partial charge in [0.1, 0.15) is 23.0 Å². The molecule has 0 N–H and O–H groups in total. The van der Waals surface area contributed by atoms with E-state index in [1.165, 1.54) is 44.5 Å². The van der Waals surface area contributed by atoms with Crippen LogP contribution in [0.1, 0.15) is 55.6 Å². The minimum absolute atomic E-state index is 0.582. The molecule has 4 aliphatic rings. The smallest absolute Gasteiger partial charge is 0.164 e. The van der Waals surface area contributed by atoms with Gasteiger partial charge in [0.2, 0.25) is 0 Å². The molecule has 0 amide bonds. The second-order valence-corrected chi connectivity index (χ2v) is 30.0. The topological polar surface area (TPSA) is 143 Å². The van der Waals surface area contributed by atoms with Crippen LogP contribution in [0.25, 0.3) is 146 Å². The van der Waals surface area contributed by atoms with Gasteiger partial charge in [-0.3, -0.25) is 0 Å². The molecule has 23 rings (SSSR count). The maximum atomic E-state index is 9.98. The summed E-state index contributed by atoms with van der Waals surface area (Å²) in [6.07, 6.45) is 0. The molecule has 10 nitrogen and oxygen atoms in total. The fourth-order valence-electron chi connectivity index (χ4n) is 18.5. The summed E-state index contributed by atoms with van der Waals surface area (Å²) in [5.74, 6) is 6.87. The van der Waals surface area contributed by atoms with Gasteiger partial charge >= 0.3 is 0 Å². The van der Waals surface area contributed by atoms with Gasteiger partial charge in [0.05, 0.1) is 34.1 Å². The summed E-state index contributed by atoms with van der Waals surface area (Å²) in [7, 11) is 0. The third-order valence-electron chi connectivity index (χ3n) is 23.7. The number of rotatable bonds is 9. The minimum atomic E-state index is -0.720. The van der Waals surface area contributed by atoms with Crippen molar-refractivity contribution in [1.29, 1.82) is 10.5 Å². The van der Waals surface area contributed by atoms with Crippen molar-refractivity contribution in [2.24, 2.45) is 0 Å². The Hall–Kier alpha value is -16.1. The van der Waals surface area contributed by atoms with Crippen LogP contribution < -0.4 is 9.47 Å². The van der Waals surface area contributed by atoms with E-state index in [-0.39, 0.29) is 0 Å². The van der Waals surface area contributed by atoms with Gasteiger partial charge in [0, 0.05) is 66.4 Å². The first-order chi connectivity index (χ1) is 58.4. The molecule has 2 aromatic heterocycles. The highest BCUT2D eigenvalue weighted by molar-refractivity contribution is 6.02. The highest BCUT2D eigenvalue weighted by Crippen LogP contribution is 2.65. The van der Waals surface area contributed by atoms with Crippen LogP contribution in [-0.4, -0.2) is 29.9 Å². The van der Waals surface area contributed by atoms with Crippen LogP contribution in [0.2, 0.25) is 0 Å². The zero-order valence-electron chi connectivity index (χ0n) is 63.3. The van der Waals surface area contributed by atoms with Crippen LogP contribution in [0.3, 0.4) is 0 Å². The van der Waals surface area contributed by atoms with Crippen molar-refractivity contribution >= 4 is 21.5 Å². The highest BCUT2D eigenvalue weighted by Gasteiger charge is 2.53. The van der Waals surface area contributed by atoms with E-state index < -0.39 is 10.8 Å². The van der Waals surface area contributed by atoms with E-state index in [1.54, 1.807) is 0 Å². The summed E-state index contributed by atoms with van der Waals surface area (Å²) in [5, 5.41) is 23.9. The first kappa shape index (κ1) is 68.6. The van der Waals surface area contributed by atoms with Gasteiger partial charge in [-0.05, 0) is 161 Å². The Bertz CT molecular complexity index is 7210. The zero-order valence-corrected chi connectivity index (χ0v) is 63.3. The van der Waals surface area contributed by atoms with Crippen molar-refractivity contribution in [3.8, 4) is 159 Å². The van der Waals surface area contributed by atoms with Crippen LogP contribution in [-0.2, 0) is 10.8 Å². The Labute approximate surface area is 680 Å². The molecule has 19 aromatic rings. The molecule has 0 saturated heterocycles. The first-order valence-corrected chi connectivity index (χ1v) is 39.4. The maximum absolute atomic E-state index is 9.98. The Balaban J connectivity index is 0.000000143. The molecule has 4 heterocycles. The van der Waals surface area contributed by atoms with Crippen LogP contribution in [0, 0.1) is 22.7 Å². The third kappa shape index (κ3) is 11.0. The molecule has 17 aromatic carbocycles. The van der Waals surface area contributed by atoms with Crippen molar-refractivity contribution in [3.63, 3.8) is 0 Å². The molecule has 0 unspecified atom stereocenters. The molecule has 548 valence electrons. The van der Waals surface area contributed by atoms with Crippen LogP contribution in [0.15, 0.2) is 388 Å². The molecule has 0 radical (unpaired) electrons. The van der Waals surface area contributed by atoms with E-state index in [1.807, 2.05) is 170 Å². The van der Waals surface area contributed by atoms with Crippen LogP contribution in [0.5, 0.6) is 23.0 Å². The predicted octanol–water partition coefficient (Wildman–Crippen LogP) is 25.7. The second-order valence-electron chi connectivity index (χ2n) is 30.0. The largest absolute Gasteiger partial charge is 0.457 e. The Morgan fingerprint density at radius 2 is 0.441 bits per heavy atom. The molecule has 2 aliphatic carbocycles. The van der Waals surface area contributed by atoms with Crippen molar-refractivity contribution < 1.29 is 9.47 Å². The van der Waals surface area contributed by atoms with Gasteiger partial charge in [0.25, 0.3) is 0 Å². The first-order valence-electron chi connectivity index (χ1n) is 39.4. The van der Waals surface area contributed by atoms with Gasteiger partial charge in [-0.15, -0.1) is 0 Å². The van der Waals surface area contributed by atoms with Gasteiger partial charge in [-0.2, -0.15) is 10.5 Å². The number of hydrogen-bond donors (Lipinski definition) is 0. The molecule has 2 spiro atoms. The molecule has 0 atom stereocenters. The SMILES string of the molecule is N#Cc1ccc(-c2ccc3c(c2)C2(c4cc(-c5cccc(-c6nc(-c7ccccc7)nc(-c7ccccc7)n6)c5)ccc4O3)c3ccccc3-c3ccccc32)c2ccccc12.N#Cc1ccc(-c2ccc3c(c2)C2(c4cc(-c5nc(-c6ccccc6)nc(-c6ccccc6)n5)ccc4O3)c3ccccc3-c3ccccc32)c2ccccc12. The van der Waals surface area contributed by atoms with E-state index >= 15 is 0 Å². The third-order valence-corrected chi connectivity index (χ3v) is 23.7. The lowest BCUT2D eigenvalue weighted by Gasteiger charge is -2.40. The maximum Gasteiger partial charge on any atom is 0.164 e. The number of nitriles is 2. The number of nitrogens with zero attached hydrogens (tertiary/aromatic N) is 8. The van der Waals surface area contributed by atoms with Crippen molar-refractivity contribution in [2.45, 2.75) is 10.8 Å². The van der Waals surface area contributed by atoms with E-state index in [0.29, 0.717) is 46.1 Å². The molecule has 0 fully saturated rings. The lowest BCUT2D eigenvalue weighted by molar-refractivity contribution is 0.436. The van der Waals surface area contributed by atoms with E-state index in [0.717, 1.165) is 134 Å². The minimum Gasteiger partial charge on any atom is -0.457 e. The second kappa shape index (κ2) is 27.9. The molecule has 0 bridgehead atoms. The van der Waals surface area contributed by atoms with E-state index in [2.05, 4.69) is 231 Å². The number of hydrogen-bond acceptors (Lipinski definition) is 10. The fourth-order valence-corrected chi connectivity index (χ4v) is 18.5. The summed E-state index contributed by atoms with van der Waals surface area (Å²) in [6.45, 7) is 0. The normalized spacial score (nSPS) is 12.8. The average Bonchev–Trinajstić information content (AvgIpc) is 1.47. The Morgan fingerprint density at radius 3 is 0.797 bits per heavy atom. The molecule has 2 aliphatic heterocycles. The van der Waals surface area contributed by atoms with Gasteiger partial charge in [0.15, 0.2) is 34.9 Å². The molecule has 10 heteroatoms. The molecule has 0 saturated carbocycles. The standard InChI is InChI=1S/C57H34N4O.C51H30N4O/c58-35-42-26-29-44(45-21-8-7-20-43(42)45)40-28-31-53-51(34-40)57(48-24-11-9-22-46(48)47-23-10-12-25-49(47)57)50-33-39(27-30-52(50)62-53)38-18-13-19-41(32-38)56-60-54(36-14-3-1-4-15-36)59-55(61-56)37-16-5-2-6-17-37;52-31-36-23-26-38(39-18-8-7-17-37(36)39)34-24-27-46-44(29-34)51(42-21-11-9-19-40(42)41-20-10-12-22-43(41)51)45-30-35(25-28-47(45)56-46)50-54-48(32-13-3-1-4-14-32)53-49(55-50)33-15-5-2-6-16-33/h1-34H;1-30H. The average molecular weight is 1510 g/mol. The summed E-state index contributed by atoms with van der Waals surface area (Å²) in [5.41, 5.74) is 25.5. The Kier molecular flexibility index (Phi) is 16.2. The Morgan fingerprint density at radius 1 is 0.186 bits per heavy atom. The highest BCUT2D eigenvalue weighted by atomic mass is 16.5.